The Balaban J connectivity index is 2.05. The van der Waals surface area contributed by atoms with Crippen LogP contribution in [0.1, 0.15) is 0 Å². The third kappa shape index (κ3) is 2.98. The van der Waals surface area contributed by atoms with Gasteiger partial charge in [0.1, 0.15) is 12.7 Å². The fourth-order valence-electron chi connectivity index (χ4n) is 0.439. The van der Waals surface area contributed by atoms with Gasteiger partial charge in [0.2, 0.25) is 0 Å². The quantitative estimate of drug-likeness (QED) is 0.391. The van der Waals surface area contributed by atoms with E-state index in [9.17, 15) is 4.79 Å². The van der Waals surface area contributed by atoms with E-state index in [4.69, 9.17) is 9.47 Å². The van der Waals surface area contributed by atoms with Gasteiger partial charge in [-0.3, -0.25) is 0 Å². The summed E-state index contributed by atoms with van der Waals surface area (Å²) in [5.41, 5.74) is 0. The van der Waals surface area contributed by atoms with Crippen LogP contribution in [-0.4, -0.2) is 25.3 Å². The van der Waals surface area contributed by atoms with Crippen molar-refractivity contribution in [3.8, 4) is 0 Å². The zero-order valence-corrected chi connectivity index (χ0v) is 6.83. The maximum absolute atomic E-state index is 10.6. The van der Waals surface area contributed by atoms with Gasteiger partial charge in [-0.1, -0.05) is 15.9 Å². The Kier molecular flexibility index (Phi) is 2.89. The molecule has 0 bridgehead atoms. The van der Waals surface area contributed by atoms with E-state index in [-0.39, 0.29) is 12.1 Å². The van der Waals surface area contributed by atoms with Gasteiger partial charge in [-0.25, -0.2) is 4.79 Å². The summed E-state index contributed by atoms with van der Waals surface area (Å²) < 4.78 is 9.55. The molecule has 0 spiro atoms. The van der Waals surface area contributed by atoms with Crippen LogP contribution in [0.25, 0.3) is 0 Å². The van der Waals surface area contributed by atoms with Crippen molar-refractivity contribution in [2.45, 2.75) is 6.10 Å². The lowest BCUT2D eigenvalue weighted by molar-refractivity contribution is -0.138. The lowest BCUT2D eigenvalue weighted by atomic mass is 10.5. The molecule has 1 saturated heterocycles. The van der Waals surface area contributed by atoms with Crippen LogP contribution < -0.4 is 0 Å². The Bertz CT molecular complexity index is 151. The SMILES string of the molecule is O=C(C=CBr)OCC1CO1. The second-order valence-electron chi connectivity index (χ2n) is 1.88. The van der Waals surface area contributed by atoms with Crippen molar-refractivity contribution in [1.29, 1.82) is 0 Å². The van der Waals surface area contributed by atoms with E-state index in [2.05, 4.69) is 15.9 Å². The summed E-state index contributed by atoms with van der Waals surface area (Å²) in [4.78, 5) is 12.0. The molecule has 1 unspecified atom stereocenters. The smallest absolute Gasteiger partial charge is 0.331 e. The molecule has 0 radical (unpaired) electrons. The van der Waals surface area contributed by atoms with Crippen molar-refractivity contribution in [3.63, 3.8) is 0 Å². The fraction of sp³-hybridized carbons (Fsp3) is 0.500. The second-order valence-corrected chi connectivity index (χ2v) is 2.41. The average molecular weight is 207 g/mol. The van der Waals surface area contributed by atoms with Crippen LogP contribution in [0.2, 0.25) is 0 Å². The number of epoxide rings is 1. The summed E-state index contributed by atoms with van der Waals surface area (Å²) >= 11 is 2.96. The highest BCUT2D eigenvalue weighted by molar-refractivity contribution is 9.11. The van der Waals surface area contributed by atoms with Gasteiger partial charge in [-0.15, -0.1) is 0 Å². The van der Waals surface area contributed by atoms with E-state index >= 15 is 0 Å². The minimum Gasteiger partial charge on any atom is -0.460 e. The normalized spacial score (nSPS) is 23.1. The molecule has 1 heterocycles. The van der Waals surface area contributed by atoms with Gasteiger partial charge in [-0.05, 0) is 4.99 Å². The molecule has 10 heavy (non-hydrogen) atoms. The number of hydrogen-bond donors (Lipinski definition) is 0. The summed E-state index contributed by atoms with van der Waals surface area (Å²) in [5, 5.41) is 0. The molecule has 1 fully saturated rings. The van der Waals surface area contributed by atoms with Crippen LogP contribution in [0.4, 0.5) is 0 Å². The molecule has 0 amide bonds. The van der Waals surface area contributed by atoms with Gasteiger partial charge >= 0.3 is 5.97 Å². The summed E-state index contributed by atoms with van der Waals surface area (Å²) in [6, 6.07) is 0. The largest absolute Gasteiger partial charge is 0.460 e. The first-order chi connectivity index (χ1) is 4.83. The number of ether oxygens (including phenoxy) is 2. The number of esters is 1. The zero-order chi connectivity index (χ0) is 7.40. The molecular formula is C6H7BrO3. The van der Waals surface area contributed by atoms with Crippen LogP contribution in [0, 0.1) is 0 Å². The van der Waals surface area contributed by atoms with Crippen molar-refractivity contribution < 1.29 is 14.3 Å². The van der Waals surface area contributed by atoms with Crippen LogP contribution in [0.5, 0.6) is 0 Å². The van der Waals surface area contributed by atoms with E-state index in [1.807, 2.05) is 0 Å². The van der Waals surface area contributed by atoms with Crippen molar-refractivity contribution in [2.75, 3.05) is 13.2 Å². The number of hydrogen-bond acceptors (Lipinski definition) is 3. The number of halogens is 1. The fourth-order valence-corrected chi connectivity index (χ4v) is 0.655. The Morgan fingerprint density at radius 3 is 3.10 bits per heavy atom. The minimum atomic E-state index is -0.340. The molecule has 1 rings (SSSR count). The van der Waals surface area contributed by atoms with Crippen LogP contribution in [0.15, 0.2) is 11.1 Å². The van der Waals surface area contributed by atoms with Gasteiger partial charge in [0.15, 0.2) is 0 Å². The first-order valence-electron chi connectivity index (χ1n) is 2.88. The molecule has 1 aliphatic heterocycles. The average Bonchev–Trinajstić information content (AvgIpc) is 2.67. The monoisotopic (exact) mass is 206 g/mol. The van der Waals surface area contributed by atoms with Crippen LogP contribution in [0.3, 0.4) is 0 Å². The first-order valence-corrected chi connectivity index (χ1v) is 3.79. The number of rotatable bonds is 3. The van der Waals surface area contributed by atoms with E-state index in [1.54, 1.807) is 0 Å². The maximum atomic E-state index is 10.6. The molecule has 0 aliphatic carbocycles. The lowest BCUT2D eigenvalue weighted by Gasteiger charge is -1.95. The predicted octanol–water partition coefficient (Wildman–Crippen LogP) is 0.837. The topological polar surface area (TPSA) is 38.8 Å². The van der Waals surface area contributed by atoms with E-state index in [0.717, 1.165) is 0 Å². The molecule has 0 aromatic rings. The Morgan fingerprint density at radius 2 is 2.60 bits per heavy atom. The summed E-state index contributed by atoms with van der Waals surface area (Å²) in [6.07, 6.45) is 1.45. The van der Waals surface area contributed by atoms with E-state index < -0.39 is 0 Å². The highest BCUT2D eigenvalue weighted by Gasteiger charge is 2.23. The molecule has 1 aliphatic rings. The van der Waals surface area contributed by atoms with Gasteiger partial charge in [0, 0.05) is 6.08 Å². The molecule has 0 aromatic carbocycles. The molecule has 0 aromatic heterocycles. The van der Waals surface area contributed by atoms with Gasteiger partial charge < -0.3 is 9.47 Å². The minimum absolute atomic E-state index is 0.146. The van der Waals surface area contributed by atoms with E-state index in [0.29, 0.717) is 13.2 Å². The zero-order valence-electron chi connectivity index (χ0n) is 5.25. The summed E-state index contributed by atoms with van der Waals surface area (Å²) in [5.74, 6) is -0.340. The predicted molar refractivity (Wildman–Crippen MR) is 38.8 cm³/mol. The number of carbonyl (C=O) groups is 1. The second kappa shape index (κ2) is 3.73. The van der Waals surface area contributed by atoms with Gasteiger partial charge in [0.05, 0.1) is 6.61 Å². The van der Waals surface area contributed by atoms with Gasteiger partial charge in [0.25, 0.3) is 0 Å². The van der Waals surface area contributed by atoms with Crippen LogP contribution >= 0.6 is 15.9 Å². The standard InChI is InChI=1S/C6H7BrO3/c7-2-1-6(8)10-4-5-3-9-5/h1-2,5H,3-4H2. The highest BCUT2D eigenvalue weighted by Crippen LogP contribution is 2.08. The molecule has 0 N–H and O–H groups in total. The van der Waals surface area contributed by atoms with E-state index in [1.165, 1.54) is 11.1 Å². The van der Waals surface area contributed by atoms with Crippen molar-refractivity contribution in [2.24, 2.45) is 0 Å². The van der Waals surface area contributed by atoms with Gasteiger partial charge in [-0.2, -0.15) is 0 Å². The Hall–Kier alpha value is -0.350. The molecule has 56 valence electrons. The highest BCUT2D eigenvalue weighted by atomic mass is 79.9. The van der Waals surface area contributed by atoms with Crippen LogP contribution in [-0.2, 0) is 14.3 Å². The molecule has 4 heteroatoms. The Morgan fingerprint density at radius 1 is 1.90 bits per heavy atom. The molecule has 0 saturated carbocycles. The summed E-state index contributed by atoms with van der Waals surface area (Å²) in [7, 11) is 0. The molecule has 3 nitrogen and oxygen atoms in total. The third-order valence-electron chi connectivity index (χ3n) is 1.01. The number of carbonyl (C=O) groups excluding carboxylic acids is 1. The third-order valence-corrected chi connectivity index (χ3v) is 1.28. The lowest BCUT2D eigenvalue weighted by Crippen LogP contribution is -2.06. The molecular weight excluding hydrogens is 200 g/mol. The summed E-state index contributed by atoms with van der Waals surface area (Å²) in [6.45, 7) is 1.08. The van der Waals surface area contributed by atoms with Crippen molar-refractivity contribution >= 4 is 21.9 Å². The maximum Gasteiger partial charge on any atom is 0.331 e. The molecule has 1 atom stereocenters. The first kappa shape index (κ1) is 7.75. The van der Waals surface area contributed by atoms with Crippen molar-refractivity contribution in [3.05, 3.63) is 11.1 Å². The Labute approximate surface area is 67.1 Å². The van der Waals surface area contributed by atoms with Crippen molar-refractivity contribution in [1.82, 2.24) is 0 Å².